The first-order chi connectivity index (χ1) is 8.86. The van der Waals surface area contributed by atoms with E-state index in [-0.39, 0.29) is 5.75 Å². The van der Waals surface area contributed by atoms with E-state index in [1.807, 2.05) is 36.4 Å². The van der Waals surface area contributed by atoms with E-state index in [0.717, 1.165) is 5.56 Å². The van der Waals surface area contributed by atoms with Crippen molar-refractivity contribution in [2.75, 3.05) is 13.2 Å². The molecule has 0 heterocycles. The van der Waals surface area contributed by atoms with Crippen LogP contribution in [0.25, 0.3) is 0 Å². The van der Waals surface area contributed by atoms with Gasteiger partial charge in [0.25, 0.3) is 0 Å². The van der Waals surface area contributed by atoms with E-state index >= 15 is 0 Å². The van der Waals surface area contributed by atoms with Crippen LogP contribution < -0.4 is 4.74 Å². The molecule has 3 nitrogen and oxygen atoms in total. The van der Waals surface area contributed by atoms with Crippen molar-refractivity contribution in [3.05, 3.63) is 60.2 Å². The summed E-state index contributed by atoms with van der Waals surface area (Å²) in [5, 5.41) is 9.48. The maximum atomic E-state index is 9.48. The summed E-state index contributed by atoms with van der Waals surface area (Å²) in [5.41, 5.74) is 1.14. The summed E-state index contributed by atoms with van der Waals surface area (Å²) >= 11 is 0. The summed E-state index contributed by atoms with van der Waals surface area (Å²) in [7, 11) is 0. The van der Waals surface area contributed by atoms with Crippen LogP contribution in [0.4, 0.5) is 0 Å². The third-order valence-corrected chi connectivity index (χ3v) is 2.46. The molecule has 0 radical (unpaired) electrons. The van der Waals surface area contributed by atoms with Crippen LogP contribution in [0, 0.1) is 0 Å². The average molecular weight is 244 g/mol. The van der Waals surface area contributed by atoms with E-state index in [1.165, 1.54) is 0 Å². The Hall–Kier alpha value is -2.00. The summed E-state index contributed by atoms with van der Waals surface area (Å²) in [4.78, 5) is 0. The number of rotatable bonds is 6. The highest BCUT2D eigenvalue weighted by molar-refractivity contribution is 5.37. The van der Waals surface area contributed by atoms with E-state index in [2.05, 4.69) is 0 Å². The van der Waals surface area contributed by atoms with E-state index < -0.39 is 0 Å². The van der Waals surface area contributed by atoms with Crippen molar-refractivity contribution in [3.8, 4) is 11.5 Å². The number of benzene rings is 2. The zero-order chi connectivity index (χ0) is 12.6. The smallest absolute Gasteiger partial charge is 0.161 e. The molecule has 0 aliphatic heterocycles. The first kappa shape index (κ1) is 12.5. The van der Waals surface area contributed by atoms with Crippen LogP contribution in [0.2, 0.25) is 0 Å². The lowest BCUT2D eigenvalue weighted by molar-refractivity contribution is 0.0880. The zero-order valence-electron chi connectivity index (χ0n) is 10.1. The van der Waals surface area contributed by atoms with Gasteiger partial charge in [0.1, 0.15) is 6.61 Å². The van der Waals surface area contributed by atoms with Crippen LogP contribution >= 0.6 is 0 Å². The Morgan fingerprint density at radius 3 is 2.33 bits per heavy atom. The van der Waals surface area contributed by atoms with Crippen molar-refractivity contribution in [1.82, 2.24) is 0 Å². The monoisotopic (exact) mass is 244 g/mol. The van der Waals surface area contributed by atoms with Crippen molar-refractivity contribution in [1.29, 1.82) is 0 Å². The van der Waals surface area contributed by atoms with E-state index in [0.29, 0.717) is 25.6 Å². The summed E-state index contributed by atoms with van der Waals surface area (Å²) in [6.45, 7) is 1.48. The summed E-state index contributed by atoms with van der Waals surface area (Å²) in [6.07, 6.45) is 0. The topological polar surface area (TPSA) is 38.7 Å². The van der Waals surface area contributed by atoms with Gasteiger partial charge in [-0.2, -0.15) is 0 Å². The SMILES string of the molecule is Oc1ccccc1OCCOCc1ccccc1. The van der Waals surface area contributed by atoms with Gasteiger partial charge in [0, 0.05) is 0 Å². The second-order valence-corrected chi connectivity index (χ2v) is 3.85. The predicted molar refractivity (Wildman–Crippen MR) is 69.7 cm³/mol. The van der Waals surface area contributed by atoms with Crippen molar-refractivity contribution < 1.29 is 14.6 Å². The van der Waals surface area contributed by atoms with Gasteiger partial charge in [-0.1, -0.05) is 42.5 Å². The number of aromatic hydroxyl groups is 1. The van der Waals surface area contributed by atoms with Gasteiger partial charge in [-0.05, 0) is 17.7 Å². The number of ether oxygens (including phenoxy) is 2. The maximum absolute atomic E-state index is 9.48. The first-order valence-corrected chi connectivity index (χ1v) is 5.89. The summed E-state index contributed by atoms with van der Waals surface area (Å²) in [5.74, 6) is 0.640. The predicted octanol–water partition coefficient (Wildman–Crippen LogP) is 2.99. The third kappa shape index (κ3) is 3.79. The molecule has 0 aliphatic carbocycles. The third-order valence-electron chi connectivity index (χ3n) is 2.46. The Kier molecular flexibility index (Phi) is 4.61. The first-order valence-electron chi connectivity index (χ1n) is 5.89. The minimum atomic E-state index is 0.153. The molecule has 0 amide bonds. The maximum Gasteiger partial charge on any atom is 0.161 e. The molecule has 0 aliphatic rings. The Bertz CT molecular complexity index is 468. The molecule has 2 rings (SSSR count). The molecule has 3 heteroatoms. The number of para-hydroxylation sites is 2. The van der Waals surface area contributed by atoms with Gasteiger partial charge >= 0.3 is 0 Å². The standard InChI is InChI=1S/C15H16O3/c16-14-8-4-5-9-15(14)18-11-10-17-12-13-6-2-1-3-7-13/h1-9,16H,10-12H2. The van der Waals surface area contributed by atoms with Gasteiger partial charge in [0.2, 0.25) is 0 Å². The molecule has 0 aromatic heterocycles. The van der Waals surface area contributed by atoms with Crippen molar-refractivity contribution in [2.45, 2.75) is 6.61 Å². The van der Waals surface area contributed by atoms with Crippen LogP contribution in [0.1, 0.15) is 5.56 Å². The number of phenols is 1. The lowest BCUT2D eigenvalue weighted by Gasteiger charge is -2.08. The van der Waals surface area contributed by atoms with Gasteiger partial charge in [-0.3, -0.25) is 0 Å². The van der Waals surface area contributed by atoms with Crippen LogP contribution in [-0.4, -0.2) is 18.3 Å². The number of hydrogen-bond acceptors (Lipinski definition) is 3. The van der Waals surface area contributed by atoms with Gasteiger partial charge in [0.15, 0.2) is 11.5 Å². The lowest BCUT2D eigenvalue weighted by Crippen LogP contribution is -2.06. The van der Waals surface area contributed by atoms with Crippen molar-refractivity contribution in [3.63, 3.8) is 0 Å². The fourth-order valence-electron chi connectivity index (χ4n) is 1.55. The molecule has 0 spiro atoms. The van der Waals surface area contributed by atoms with Crippen LogP contribution in [0.3, 0.4) is 0 Å². The molecule has 0 unspecified atom stereocenters. The number of phenolic OH excluding ortho intramolecular Hbond substituents is 1. The molecule has 0 atom stereocenters. The van der Waals surface area contributed by atoms with Gasteiger partial charge < -0.3 is 14.6 Å². The fourth-order valence-corrected chi connectivity index (χ4v) is 1.55. The highest BCUT2D eigenvalue weighted by Gasteiger charge is 1.99. The van der Waals surface area contributed by atoms with E-state index in [9.17, 15) is 5.11 Å². The van der Waals surface area contributed by atoms with E-state index in [4.69, 9.17) is 9.47 Å². The van der Waals surface area contributed by atoms with Crippen LogP contribution in [0.15, 0.2) is 54.6 Å². The van der Waals surface area contributed by atoms with Crippen LogP contribution in [0.5, 0.6) is 11.5 Å². The van der Waals surface area contributed by atoms with Crippen molar-refractivity contribution >= 4 is 0 Å². The van der Waals surface area contributed by atoms with Gasteiger partial charge in [-0.15, -0.1) is 0 Å². The minimum absolute atomic E-state index is 0.153. The Balaban J connectivity index is 1.66. The molecule has 0 saturated heterocycles. The highest BCUT2D eigenvalue weighted by atomic mass is 16.5. The quantitative estimate of drug-likeness (QED) is 0.794. The molecular weight excluding hydrogens is 228 g/mol. The molecule has 1 N–H and O–H groups in total. The Morgan fingerprint density at radius 1 is 0.833 bits per heavy atom. The second kappa shape index (κ2) is 6.67. The van der Waals surface area contributed by atoms with E-state index in [1.54, 1.807) is 18.2 Å². The Labute approximate surface area is 107 Å². The normalized spacial score (nSPS) is 10.2. The molecule has 0 saturated carbocycles. The fraction of sp³-hybridized carbons (Fsp3) is 0.200. The van der Waals surface area contributed by atoms with Gasteiger partial charge in [-0.25, -0.2) is 0 Å². The molecule has 0 fully saturated rings. The molecule has 0 bridgehead atoms. The zero-order valence-corrected chi connectivity index (χ0v) is 10.1. The minimum Gasteiger partial charge on any atom is -0.504 e. The van der Waals surface area contributed by atoms with Crippen molar-refractivity contribution in [2.24, 2.45) is 0 Å². The Morgan fingerprint density at radius 2 is 1.56 bits per heavy atom. The molecule has 2 aromatic rings. The molecule has 2 aromatic carbocycles. The van der Waals surface area contributed by atoms with Gasteiger partial charge in [0.05, 0.1) is 13.2 Å². The van der Waals surface area contributed by atoms with Crippen LogP contribution in [-0.2, 0) is 11.3 Å². The lowest BCUT2D eigenvalue weighted by atomic mass is 10.2. The number of hydrogen-bond donors (Lipinski definition) is 1. The summed E-state index contributed by atoms with van der Waals surface area (Å²) in [6, 6.07) is 16.9. The highest BCUT2D eigenvalue weighted by Crippen LogP contribution is 2.23. The second-order valence-electron chi connectivity index (χ2n) is 3.85. The summed E-state index contributed by atoms with van der Waals surface area (Å²) < 4.78 is 10.9. The largest absolute Gasteiger partial charge is 0.504 e. The molecule has 94 valence electrons. The molecule has 18 heavy (non-hydrogen) atoms. The molecular formula is C15H16O3. The average Bonchev–Trinajstić information content (AvgIpc) is 2.42.